The van der Waals surface area contributed by atoms with Gasteiger partial charge in [-0.2, -0.15) is 0 Å². The summed E-state index contributed by atoms with van der Waals surface area (Å²) in [5.41, 5.74) is 5.08. The van der Waals surface area contributed by atoms with Crippen LogP contribution < -0.4 is 5.73 Å². The molecular weight excluding hydrogens is 158 g/mol. The Morgan fingerprint density at radius 1 is 1.60 bits per heavy atom. The Balaban J connectivity index is 2.68. The van der Waals surface area contributed by atoms with Crippen LogP contribution in [-0.4, -0.2) is 11.4 Å². The monoisotopic (exact) mass is 164 g/mol. The van der Waals surface area contributed by atoms with Crippen molar-refractivity contribution in [3.8, 4) is 0 Å². The van der Waals surface area contributed by atoms with Crippen LogP contribution >= 0.6 is 11.3 Å². The van der Waals surface area contributed by atoms with Gasteiger partial charge in [-0.15, -0.1) is 11.3 Å². The Morgan fingerprint density at radius 2 is 2.30 bits per heavy atom. The molecule has 1 atom stereocenters. The molecule has 1 heterocycles. The number of rotatable bonds is 2. The third kappa shape index (κ3) is 1.48. The predicted molar refractivity (Wildman–Crippen MR) is 35.0 cm³/mol. The van der Waals surface area contributed by atoms with Crippen LogP contribution in [0.25, 0.3) is 0 Å². The van der Waals surface area contributed by atoms with Crippen molar-refractivity contribution in [2.75, 3.05) is 0 Å². The van der Waals surface area contributed by atoms with E-state index in [-0.39, 0.29) is 5.01 Å². The standard InChI is InChI=1S/C5H6F2N2S/c6-4(7)3(8)5-9-1-2-10-5/h1-4H,8H2. The number of thiazole rings is 1. The molecule has 0 spiro atoms. The molecule has 0 fully saturated rings. The third-order valence-corrected chi connectivity index (χ3v) is 1.88. The fraction of sp³-hybridized carbons (Fsp3) is 0.400. The highest BCUT2D eigenvalue weighted by molar-refractivity contribution is 7.09. The van der Waals surface area contributed by atoms with E-state index in [1.54, 1.807) is 5.38 Å². The van der Waals surface area contributed by atoms with E-state index in [2.05, 4.69) is 4.98 Å². The van der Waals surface area contributed by atoms with Gasteiger partial charge in [-0.1, -0.05) is 0 Å². The number of nitrogens with two attached hydrogens (primary N) is 1. The molecule has 0 saturated carbocycles. The molecule has 0 aliphatic rings. The third-order valence-electron chi connectivity index (χ3n) is 1.01. The minimum Gasteiger partial charge on any atom is -0.317 e. The first kappa shape index (κ1) is 7.56. The van der Waals surface area contributed by atoms with E-state index in [4.69, 9.17) is 5.73 Å². The van der Waals surface area contributed by atoms with Crippen molar-refractivity contribution in [3.05, 3.63) is 16.6 Å². The Hall–Kier alpha value is -0.550. The molecule has 10 heavy (non-hydrogen) atoms. The lowest BCUT2D eigenvalue weighted by molar-refractivity contribution is 0.116. The van der Waals surface area contributed by atoms with Crippen LogP contribution in [0.3, 0.4) is 0 Å². The molecule has 1 rings (SSSR count). The minimum atomic E-state index is -2.52. The first-order valence-corrected chi connectivity index (χ1v) is 3.53. The second-order valence-corrected chi connectivity index (χ2v) is 2.66. The number of alkyl halides is 2. The Kier molecular flexibility index (Phi) is 2.29. The van der Waals surface area contributed by atoms with Gasteiger partial charge in [0.2, 0.25) is 0 Å². The Bertz CT molecular complexity index is 188. The molecule has 0 aliphatic carbocycles. The Morgan fingerprint density at radius 3 is 2.70 bits per heavy atom. The van der Waals surface area contributed by atoms with Crippen LogP contribution in [-0.2, 0) is 0 Å². The molecule has 1 aromatic rings. The molecule has 56 valence electrons. The number of hydrogen-bond acceptors (Lipinski definition) is 3. The van der Waals surface area contributed by atoms with Crippen molar-refractivity contribution < 1.29 is 8.78 Å². The molecule has 0 aromatic carbocycles. The highest BCUT2D eigenvalue weighted by atomic mass is 32.1. The zero-order valence-electron chi connectivity index (χ0n) is 5.00. The molecule has 0 aliphatic heterocycles. The quantitative estimate of drug-likeness (QED) is 0.717. The van der Waals surface area contributed by atoms with Gasteiger partial charge in [-0.25, -0.2) is 13.8 Å². The van der Waals surface area contributed by atoms with Crippen LogP contribution in [0.5, 0.6) is 0 Å². The van der Waals surface area contributed by atoms with Crippen LogP contribution in [0.4, 0.5) is 8.78 Å². The largest absolute Gasteiger partial charge is 0.317 e. The van der Waals surface area contributed by atoms with Crippen LogP contribution in [0, 0.1) is 0 Å². The van der Waals surface area contributed by atoms with Crippen molar-refractivity contribution in [2.24, 2.45) is 5.73 Å². The molecule has 1 aromatic heterocycles. The zero-order valence-corrected chi connectivity index (χ0v) is 5.81. The van der Waals surface area contributed by atoms with Gasteiger partial charge in [-0.3, -0.25) is 0 Å². The summed E-state index contributed by atoms with van der Waals surface area (Å²) < 4.78 is 23.7. The fourth-order valence-corrected chi connectivity index (χ4v) is 1.15. The molecule has 5 heteroatoms. The van der Waals surface area contributed by atoms with Crippen molar-refractivity contribution in [1.82, 2.24) is 4.98 Å². The predicted octanol–water partition coefficient (Wildman–Crippen LogP) is 1.41. The van der Waals surface area contributed by atoms with Gasteiger partial charge in [-0.05, 0) is 0 Å². The van der Waals surface area contributed by atoms with Crippen molar-refractivity contribution >= 4 is 11.3 Å². The first-order valence-electron chi connectivity index (χ1n) is 2.65. The Labute approximate surface area is 60.7 Å². The first-order chi connectivity index (χ1) is 4.72. The average molecular weight is 164 g/mol. The van der Waals surface area contributed by atoms with Gasteiger partial charge >= 0.3 is 0 Å². The van der Waals surface area contributed by atoms with E-state index >= 15 is 0 Å². The van der Waals surface area contributed by atoms with E-state index in [0.717, 1.165) is 11.3 Å². The summed E-state index contributed by atoms with van der Waals surface area (Å²) in [4.78, 5) is 3.65. The summed E-state index contributed by atoms with van der Waals surface area (Å²) in [6.45, 7) is 0. The van der Waals surface area contributed by atoms with Crippen LogP contribution in [0.15, 0.2) is 11.6 Å². The zero-order chi connectivity index (χ0) is 7.56. The van der Waals surface area contributed by atoms with E-state index < -0.39 is 12.5 Å². The van der Waals surface area contributed by atoms with Gasteiger partial charge in [0.25, 0.3) is 6.43 Å². The molecular formula is C5H6F2N2S. The van der Waals surface area contributed by atoms with Gasteiger partial charge in [0.15, 0.2) is 0 Å². The maximum absolute atomic E-state index is 11.8. The van der Waals surface area contributed by atoms with Crippen LogP contribution in [0.1, 0.15) is 11.0 Å². The molecule has 0 bridgehead atoms. The summed E-state index contributed by atoms with van der Waals surface area (Å²) in [5.74, 6) is 0. The number of halogens is 2. The van der Waals surface area contributed by atoms with Crippen molar-refractivity contribution in [3.63, 3.8) is 0 Å². The minimum absolute atomic E-state index is 0.287. The summed E-state index contributed by atoms with van der Waals surface area (Å²) >= 11 is 1.14. The second kappa shape index (κ2) is 3.03. The lowest BCUT2D eigenvalue weighted by Crippen LogP contribution is -2.18. The van der Waals surface area contributed by atoms with Gasteiger partial charge in [0.05, 0.1) is 0 Å². The maximum atomic E-state index is 11.8. The number of aromatic nitrogens is 1. The highest BCUT2D eigenvalue weighted by Gasteiger charge is 2.19. The maximum Gasteiger partial charge on any atom is 0.259 e. The van der Waals surface area contributed by atoms with Gasteiger partial charge < -0.3 is 5.73 Å². The van der Waals surface area contributed by atoms with Gasteiger partial charge in [0.1, 0.15) is 11.0 Å². The summed E-state index contributed by atoms with van der Waals surface area (Å²) in [6, 6.07) is -1.22. The number of hydrogen-bond donors (Lipinski definition) is 1. The van der Waals surface area contributed by atoms with Crippen LogP contribution in [0.2, 0.25) is 0 Å². The lowest BCUT2D eigenvalue weighted by atomic mass is 10.3. The second-order valence-electron chi connectivity index (χ2n) is 1.73. The molecule has 1 unspecified atom stereocenters. The van der Waals surface area contributed by atoms with E-state index in [1.807, 2.05) is 0 Å². The smallest absolute Gasteiger partial charge is 0.259 e. The summed E-state index contributed by atoms with van der Waals surface area (Å²) in [7, 11) is 0. The SMILES string of the molecule is NC(c1nccs1)C(F)F. The highest BCUT2D eigenvalue weighted by Crippen LogP contribution is 2.18. The topological polar surface area (TPSA) is 38.9 Å². The van der Waals surface area contributed by atoms with Crippen molar-refractivity contribution in [2.45, 2.75) is 12.5 Å². The molecule has 2 N–H and O–H groups in total. The van der Waals surface area contributed by atoms with E-state index in [1.165, 1.54) is 6.20 Å². The average Bonchev–Trinajstić information content (AvgIpc) is 2.36. The van der Waals surface area contributed by atoms with E-state index in [9.17, 15) is 8.78 Å². The van der Waals surface area contributed by atoms with Crippen molar-refractivity contribution in [1.29, 1.82) is 0 Å². The number of nitrogens with zero attached hydrogens (tertiary/aromatic N) is 1. The molecule has 0 saturated heterocycles. The molecule has 0 amide bonds. The molecule has 2 nitrogen and oxygen atoms in total. The normalized spacial score (nSPS) is 14.0. The summed E-state index contributed by atoms with van der Waals surface area (Å²) in [6.07, 6.45) is -1.06. The van der Waals surface area contributed by atoms with Gasteiger partial charge in [0, 0.05) is 11.6 Å². The van der Waals surface area contributed by atoms with E-state index in [0.29, 0.717) is 0 Å². The summed E-state index contributed by atoms with van der Waals surface area (Å²) in [5, 5.41) is 1.91. The molecule has 0 radical (unpaired) electrons. The fourth-order valence-electron chi connectivity index (χ4n) is 0.507. The lowest BCUT2D eigenvalue weighted by Gasteiger charge is -2.04.